The molecule has 0 saturated carbocycles. The van der Waals surface area contributed by atoms with Gasteiger partial charge in [-0.2, -0.15) is 0 Å². The maximum atomic E-state index is 6.10. The van der Waals surface area contributed by atoms with Crippen LogP contribution in [-0.4, -0.2) is 12.7 Å². The van der Waals surface area contributed by atoms with Crippen molar-refractivity contribution in [3.05, 3.63) is 20.8 Å². The van der Waals surface area contributed by atoms with E-state index in [9.17, 15) is 0 Å². The number of rotatable bonds is 4. The van der Waals surface area contributed by atoms with E-state index >= 15 is 0 Å². The molecule has 96 valence electrons. The average molecular weight is 338 g/mol. The fourth-order valence-electron chi connectivity index (χ4n) is 2.15. The van der Waals surface area contributed by atoms with Crippen LogP contribution in [0.1, 0.15) is 47.4 Å². The highest BCUT2D eigenvalue weighted by atomic mass is 79.9. The van der Waals surface area contributed by atoms with E-state index in [1.165, 1.54) is 29.7 Å². The van der Waals surface area contributed by atoms with E-state index in [2.05, 4.69) is 28.9 Å². The molecule has 2 heterocycles. The standard InChI is InChI=1S/C13H18BrClOS/c1-9-8-12(17-13(9)15)11(14)6-5-10-4-2-3-7-16-10/h8,10-11H,2-7H2,1H3. The molecule has 1 fully saturated rings. The second kappa shape index (κ2) is 6.55. The second-order valence-corrected chi connectivity index (χ2v) is 7.43. The number of alkyl halides is 1. The van der Waals surface area contributed by atoms with Gasteiger partial charge in [0.15, 0.2) is 0 Å². The Hall–Kier alpha value is 0.430. The Bertz CT molecular complexity index is 341. The Morgan fingerprint density at radius 3 is 3.00 bits per heavy atom. The Balaban J connectivity index is 1.82. The summed E-state index contributed by atoms with van der Waals surface area (Å²) in [7, 11) is 0. The molecule has 0 radical (unpaired) electrons. The van der Waals surface area contributed by atoms with Crippen LogP contribution in [0, 0.1) is 6.92 Å². The molecule has 1 nitrogen and oxygen atoms in total. The number of hydrogen-bond donors (Lipinski definition) is 0. The predicted octanol–water partition coefficient (Wildman–Crippen LogP) is 5.50. The Kier molecular flexibility index (Phi) is 5.34. The molecule has 4 heteroatoms. The summed E-state index contributed by atoms with van der Waals surface area (Å²) >= 11 is 11.5. The van der Waals surface area contributed by atoms with Crippen molar-refractivity contribution in [1.82, 2.24) is 0 Å². The zero-order valence-electron chi connectivity index (χ0n) is 10.0. The van der Waals surface area contributed by atoms with Gasteiger partial charge >= 0.3 is 0 Å². The lowest BCUT2D eigenvalue weighted by atomic mass is 10.0. The Labute approximate surface area is 121 Å². The van der Waals surface area contributed by atoms with E-state index in [-0.39, 0.29) is 0 Å². The smallest absolute Gasteiger partial charge is 0.0960 e. The quantitative estimate of drug-likeness (QED) is 0.660. The van der Waals surface area contributed by atoms with Gasteiger partial charge in [0, 0.05) is 16.3 Å². The molecule has 1 aromatic rings. The summed E-state index contributed by atoms with van der Waals surface area (Å²) < 4.78 is 6.66. The minimum absolute atomic E-state index is 0.421. The van der Waals surface area contributed by atoms with E-state index in [1.807, 2.05) is 0 Å². The van der Waals surface area contributed by atoms with E-state index in [4.69, 9.17) is 16.3 Å². The van der Waals surface area contributed by atoms with Crippen molar-refractivity contribution in [3.8, 4) is 0 Å². The Morgan fingerprint density at radius 1 is 1.59 bits per heavy atom. The first kappa shape index (κ1) is 13.9. The molecular formula is C13H18BrClOS. The monoisotopic (exact) mass is 336 g/mol. The molecule has 1 aromatic heterocycles. The van der Waals surface area contributed by atoms with Crippen molar-refractivity contribution in [2.45, 2.75) is 50.0 Å². The third-order valence-electron chi connectivity index (χ3n) is 3.20. The van der Waals surface area contributed by atoms with Gasteiger partial charge in [0.2, 0.25) is 0 Å². The van der Waals surface area contributed by atoms with Crippen LogP contribution < -0.4 is 0 Å². The highest BCUT2D eigenvalue weighted by Crippen LogP contribution is 2.38. The predicted molar refractivity (Wildman–Crippen MR) is 78.6 cm³/mol. The second-order valence-electron chi connectivity index (χ2n) is 4.64. The van der Waals surface area contributed by atoms with E-state index in [0.717, 1.165) is 23.8 Å². The first-order valence-corrected chi connectivity index (χ1v) is 8.29. The van der Waals surface area contributed by atoms with Crippen LogP contribution in [0.25, 0.3) is 0 Å². The van der Waals surface area contributed by atoms with Crippen molar-refractivity contribution in [1.29, 1.82) is 0 Å². The van der Waals surface area contributed by atoms with Crippen LogP contribution in [-0.2, 0) is 4.74 Å². The molecule has 2 rings (SSSR count). The Morgan fingerprint density at radius 2 is 2.41 bits per heavy atom. The molecule has 0 N–H and O–H groups in total. The fraction of sp³-hybridized carbons (Fsp3) is 0.692. The molecule has 17 heavy (non-hydrogen) atoms. The first-order chi connectivity index (χ1) is 8.16. The van der Waals surface area contributed by atoms with Gasteiger partial charge in [-0.3, -0.25) is 0 Å². The lowest BCUT2D eigenvalue weighted by Gasteiger charge is -2.23. The minimum Gasteiger partial charge on any atom is -0.378 e. The van der Waals surface area contributed by atoms with Gasteiger partial charge in [0.1, 0.15) is 0 Å². The first-order valence-electron chi connectivity index (χ1n) is 6.18. The van der Waals surface area contributed by atoms with E-state index in [0.29, 0.717) is 10.9 Å². The molecule has 0 aliphatic carbocycles. The van der Waals surface area contributed by atoms with Gasteiger partial charge in [0.25, 0.3) is 0 Å². The van der Waals surface area contributed by atoms with Crippen molar-refractivity contribution < 1.29 is 4.74 Å². The van der Waals surface area contributed by atoms with Crippen LogP contribution in [0.5, 0.6) is 0 Å². The zero-order valence-corrected chi connectivity index (χ0v) is 13.2. The van der Waals surface area contributed by atoms with Gasteiger partial charge in [-0.1, -0.05) is 27.5 Å². The van der Waals surface area contributed by atoms with Crippen molar-refractivity contribution >= 4 is 38.9 Å². The molecule has 1 saturated heterocycles. The third-order valence-corrected chi connectivity index (χ3v) is 6.12. The maximum absolute atomic E-state index is 6.10. The maximum Gasteiger partial charge on any atom is 0.0960 e. The zero-order chi connectivity index (χ0) is 12.3. The minimum atomic E-state index is 0.421. The van der Waals surface area contributed by atoms with Crippen LogP contribution >= 0.6 is 38.9 Å². The van der Waals surface area contributed by atoms with E-state index in [1.54, 1.807) is 11.3 Å². The van der Waals surface area contributed by atoms with Gasteiger partial charge in [0.05, 0.1) is 10.4 Å². The van der Waals surface area contributed by atoms with Crippen LogP contribution in [0.2, 0.25) is 4.34 Å². The van der Waals surface area contributed by atoms with Crippen LogP contribution in [0.4, 0.5) is 0 Å². The van der Waals surface area contributed by atoms with Crippen molar-refractivity contribution in [3.63, 3.8) is 0 Å². The van der Waals surface area contributed by atoms with Gasteiger partial charge < -0.3 is 4.74 Å². The summed E-state index contributed by atoms with van der Waals surface area (Å²) in [5.41, 5.74) is 1.19. The molecular weight excluding hydrogens is 320 g/mol. The molecule has 0 amide bonds. The highest BCUT2D eigenvalue weighted by Gasteiger charge is 2.17. The summed E-state index contributed by atoms with van der Waals surface area (Å²) in [5, 5.41) is 0. The lowest BCUT2D eigenvalue weighted by molar-refractivity contribution is 0.0102. The number of halogens is 2. The topological polar surface area (TPSA) is 9.23 Å². The fourth-order valence-corrected chi connectivity index (χ4v) is 4.05. The molecule has 2 unspecified atom stereocenters. The molecule has 1 aliphatic heterocycles. The van der Waals surface area contributed by atoms with Crippen LogP contribution in [0.15, 0.2) is 6.07 Å². The van der Waals surface area contributed by atoms with E-state index < -0.39 is 0 Å². The molecule has 1 aliphatic rings. The highest BCUT2D eigenvalue weighted by molar-refractivity contribution is 9.09. The summed E-state index contributed by atoms with van der Waals surface area (Å²) in [6.45, 7) is 3.01. The third kappa shape index (κ3) is 3.95. The number of aryl methyl sites for hydroxylation is 1. The van der Waals surface area contributed by atoms with Gasteiger partial charge in [-0.05, 0) is 50.7 Å². The SMILES string of the molecule is Cc1cc(C(Br)CCC2CCCCO2)sc1Cl. The van der Waals surface area contributed by atoms with Crippen LogP contribution in [0.3, 0.4) is 0 Å². The molecule has 0 spiro atoms. The molecule has 0 bridgehead atoms. The lowest BCUT2D eigenvalue weighted by Crippen LogP contribution is -2.19. The van der Waals surface area contributed by atoms with Gasteiger partial charge in [-0.15, -0.1) is 11.3 Å². The van der Waals surface area contributed by atoms with Crippen molar-refractivity contribution in [2.75, 3.05) is 6.61 Å². The summed E-state index contributed by atoms with van der Waals surface area (Å²) in [6.07, 6.45) is 6.52. The number of ether oxygens (including phenoxy) is 1. The largest absolute Gasteiger partial charge is 0.378 e. The normalized spacial score (nSPS) is 22.6. The molecule has 0 aromatic carbocycles. The average Bonchev–Trinajstić information content (AvgIpc) is 2.68. The summed E-state index contributed by atoms with van der Waals surface area (Å²) in [6, 6.07) is 2.19. The van der Waals surface area contributed by atoms with Crippen molar-refractivity contribution in [2.24, 2.45) is 0 Å². The number of thiophene rings is 1. The summed E-state index contributed by atoms with van der Waals surface area (Å²) in [4.78, 5) is 1.76. The van der Waals surface area contributed by atoms with Gasteiger partial charge in [-0.25, -0.2) is 0 Å². The number of hydrogen-bond acceptors (Lipinski definition) is 2. The molecule has 2 atom stereocenters. The summed E-state index contributed by atoms with van der Waals surface area (Å²) in [5.74, 6) is 0.